The molecular weight excluding hydrogens is 201 g/mol. The maximum atomic E-state index is 5.02. The van der Waals surface area contributed by atoms with Gasteiger partial charge in [0.25, 0.3) is 0 Å². The first-order valence-electron chi connectivity index (χ1n) is 3.44. The third-order valence-corrected chi connectivity index (χ3v) is 3.60. The summed E-state index contributed by atoms with van der Waals surface area (Å²) in [6, 6.07) is 0. The summed E-state index contributed by atoms with van der Waals surface area (Å²) >= 11 is 6.81. The van der Waals surface area contributed by atoms with E-state index < -0.39 is 0 Å². The average Bonchev–Trinajstić information content (AvgIpc) is 2.11. The number of nitrogens with one attached hydrogen (secondary N) is 1. The van der Waals surface area contributed by atoms with Crippen LogP contribution in [0.15, 0.2) is 0 Å². The molecular formula is C7H13KNS2+. The Morgan fingerprint density at radius 3 is 2.27 bits per heavy atom. The minimum atomic E-state index is 0. The van der Waals surface area contributed by atoms with Crippen molar-refractivity contribution in [3.05, 3.63) is 0 Å². The molecule has 0 amide bonds. The van der Waals surface area contributed by atoms with Crippen LogP contribution in [0.2, 0.25) is 0 Å². The van der Waals surface area contributed by atoms with Crippen LogP contribution in [0.5, 0.6) is 0 Å². The molecule has 11 heavy (non-hydrogen) atoms. The molecule has 1 rings (SSSR count). The van der Waals surface area contributed by atoms with Crippen LogP contribution in [0, 0.1) is 5.41 Å². The van der Waals surface area contributed by atoms with Crippen molar-refractivity contribution in [2.45, 2.75) is 26.0 Å². The summed E-state index contributed by atoms with van der Waals surface area (Å²) in [5.74, 6) is 0. The quantitative estimate of drug-likeness (QED) is 0.411. The molecule has 0 saturated carbocycles. The first kappa shape index (κ1) is 12.9. The zero-order chi connectivity index (χ0) is 7.78. The van der Waals surface area contributed by atoms with Gasteiger partial charge in [0.15, 0.2) is 0 Å². The molecule has 1 N–H and O–H groups in total. The molecule has 1 saturated heterocycles. The monoisotopic (exact) mass is 214 g/mol. The third-order valence-electron chi connectivity index (χ3n) is 1.65. The predicted octanol–water partition coefficient (Wildman–Crippen LogP) is -0.974. The second-order valence-electron chi connectivity index (χ2n) is 3.64. The fourth-order valence-electron chi connectivity index (χ4n) is 0.872. The van der Waals surface area contributed by atoms with Gasteiger partial charge in [0.1, 0.15) is 4.32 Å². The largest absolute Gasteiger partial charge is 1.00 e. The molecule has 1 fully saturated rings. The van der Waals surface area contributed by atoms with E-state index >= 15 is 0 Å². The van der Waals surface area contributed by atoms with E-state index in [4.69, 9.17) is 12.2 Å². The average molecular weight is 214 g/mol. The second kappa shape index (κ2) is 4.93. The Balaban J connectivity index is 0.000001000. The SMILES string of the molecule is CC(C)(C)C1CNC(=S)S1.[K+]. The number of thioether (sulfide) groups is 1. The Morgan fingerprint density at radius 1 is 1.55 bits per heavy atom. The Morgan fingerprint density at radius 2 is 2.09 bits per heavy atom. The van der Waals surface area contributed by atoms with E-state index in [-0.39, 0.29) is 51.4 Å². The van der Waals surface area contributed by atoms with Gasteiger partial charge in [0.05, 0.1) is 0 Å². The number of hydrogen-bond acceptors (Lipinski definition) is 2. The van der Waals surface area contributed by atoms with Crippen LogP contribution >= 0.6 is 24.0 Å². The Labute approximate surface area is 121 Å². The predicted molar refractivity (Wildman–Crippen MR) is 51.4 cm³/mol. The van der Waals surface area contributed by atoms with Gasteiger partial charge >= 0.3 is 51.4 Å². The van der Waals surface area contributed by atoms with Gasteiger partial charge in [0.2, 0.25) is 0 Å². The molecule has 58 valence electrons. The minimum absolute atomic E-state index is 0. The summed E-state index contributed by atoms with van der Waals surface area (Å²) in [7, 11) is 0. The van der Waals surface area contributed by atoms with Crippen LogP contribution in [0.25, 0.3) is 0 Å². The minimum Gasteiger partial charge on any atom is -0.370 e. The summed E-state index contributed by atoms with van der Waals surface area (Å²) in [6.07, 6.45) is 0. The molecule has 0 aliphatic carbocycles. The summed E-state index contributed by atoms with van der Waals surface area (Å²) in [4.78, 5) is 0. The molecule has 1 unspecified atom stereocenters. The zero-order valence-corrected chi connectivity index (χ0v) is 12.4. The van der Waals surface area contributed by atoms with E-state index in [1.807, 2.05) is 0 Å². The summed E-state index contributed by atoms with van der Waals surface area (Å²) in [6.45, 7) is 7.79. The smallest absolute Gasteiger partial charge is 0.370 e. The molecule has 1 heterocycles. The van der Waals surface area contributed by atoms with Crippen LogP contribution in [-0.2, 0) is 0 Å². The Bertz CT molecular complexity index is 153. The van der Waals surface area contributed by atoms with E-state index in [2.05, 4.69) is 26.1 Å². The third kappa shape index (κ3) is 4.07. The van der Waals surface area contributed by atoms with Crippen LogP contribution in [0.4, 0.5) is 0 Å². The number of rotatable bonds is 0. The summed E-state index contributed by atoms with van der Waals surface area (Å²) in [5, 5.41) is 3.82. The standard InChI is InChI=1S/C7H13NS2.K/c1-7(2,3)5-4-8-6(9)10-5;/h5H,4H2,1-3H3,(H,8,9);/q;+1. The fraction of sp³-hybridized carbons (Fsp3) is 0.857. The molecule has 4 heteroatoms. The van der Waals surface area contributed by atoms with Gasteiger partial charge in [-0.05, 0) is 5.41 Å². The molecule has 1 aliphatic heterocycles. The Hall–Kier alpha value is 1.88. The van der Waals surface area contributed by atoms with Crippen molar-refractivity contribution >= 4 is 28.3 Å². The van der Waals surface area contributed by atoms with Gasteiger partial charge in [-0.2, -0.15) is 0 Å². The van der Waals surface area contributed by atoms with E-state index in [0.29, 0.717) is 10.7 Å². The van der Waals surface area contributed by atoms with E-state index in [0.717, 1.165) is 10.9 Å². The maximum absolute atomic E-state index is 5.02. The van der Waals surface area contributed by atoms with Gasteiger partial charge in [-0.15, -0.1) is 0 Å². The van der Waals surface area contributed by atoms with Gasteiger partial charge in [-0.3, -0.25) is 0 Å². The van der Waals surface area contributed by atoms with Gasteiger partial charge < -0.3 is 5.32 Å². The van der Waals surface area contributed by atoms with E-state index in [1.165, 1.54) is 0 Å². The normalized spacial score (nSPS) is 24.3. The second-order valence-corrected chi connectivity index (χ2v) is 5.52. The fourth-order valence-corrected chi connectivity index (χ4v) is 2.25. The van der Waals surface area contributed by atoms with Crippen molar-refractivity contribution in [3.8, 4) is 0 Å². The molecule has 0 bridgehead atoms. The van der Waals surface area contributed by atoms with E-state index in [1.54, 1.807) is 11.8 Å². The molecule has 0 spiro atoms. The van der Waals surface area contributed by atoms with Gasteiger partial charge in [-0.1, -0.05) is 44.8 Å². The number of hydrogen-bond donors (Lipinski definition) is 1. The summed E-state index contributed by atoms with van der Waals surface area (Å²) in [5.41, 5.74) is 0.373. The van der Waals surface area contributed by atoms with Gasteiger partial charge in [0, 0.05) is 11.8 Å². The van der Waals surface area contributed by atoms with Crippen LogP contribution in [0.3, 0.4) is 0 Å². The molecule has 1 aliphatic rings. The molecule has 0 radical (unpaired) electrons. The van der Waals surface area contributed by atoms with Crippen molar-refractivity contribution in [2.24, 2.45) is 5.41 Å². The molecule has 0 aromatic heterocycles. The molecule has 0 aromatic carbocycles. The van der Waals surface area contributed by atoms with Crippen molar-refractivity contribution < 1.29 is 51.4 Å². The first-order valence-corrected chi connectivity index (χ1v) is 4.73. The molecule has 1 nitrogen and oxygen atoms in total. The topological polar surface area (TPSA) is 12.0 Å². The van der Waals surface area contributed by atoms with Crippen molar-refractivity contribution in [1.29, 1.82) is 0 Å². The van der Waals surface area contributed by atoms with Crippen LogP contribution < -0.4 is 56.7 Å². The first-order chi connectivity index (χ1) is 4.50. The zero-order valence-electron chi connectivity index (χ0n) is 7.60. The summed E-state index contributed by atoms with van der Waals surface area (Å²) < 4.78 is 0.958. The van der Waals surface area contributed by atoms with Crippen molar-refractivity contribution in [3.63, 3.8) is 0 Å². The maximum Gasteiger partial charge on any atom is 1.00 e. The molecule has 0 aromatic rings. The van der Waals surface area contributed by atoms with Crippen molar-refractivity contribution in [1.82, 2.24) is 5.32 Å². The van der Waals surface area contributed by atoms with Crippen LogP contribution in [0.1, 0.15) is 20.8 Å². The van der Waals surface area contributed by atoms with Gasteiger partial charge in [-0.25, -0.2) is 0 Å². The number of thiocarbonyl (C=S) groups is 1. The Kier molecular flexibility index (Phi) is 5.77. The van der Waals surface area contributed by atoms with Crippen LogP contribution in [-0.4, -0.2) is 16.1 Å². The molecule has 1 atom stereocenters. The van der Waals surface area contributed by atoms with E-state index in [9.17, 15) is 0 Å². The van der Waals surface area contributed by atoms with Crippen molar-refractivity contribution in [2.75, 3.05) is 6.54 Å².